The lowest BCUT2D eigenvalue weighted by Gasteiger charge is -2.27. The van der Waals surface area contributed by atoms with Gasteiger partial charge in [-0.05, 0) is 11.2 Å². The lowest BCUT2D eigenvalue weighted by Crippen LogP contribution is -2.47. The maximum atomic E-state index is 9.88. The molecule has 1 N–H and O–H groups in total. The molecule has 0 aromatic carbocycles. The maximum absolute atomic E-state index is 9.88. The van der Waals surface area contributed by atoms with Gasteiger partial charge in [-0.15, -0.1) is 0 Å². The van der Waals surface area contributed by atoms with Crippen molar-refractivity contribution in [2.24, 2.45) is 0 Å². The number of hydroxylamine groups is 4. The molecule has 0 atom stereocenters. The Bertz CT molecular complexity index is 120. The number of carbonyl (C=O) groups is 1. The summed E-state index contributed by atoms with van der Waals surface area (Å²) in [6, 6.07) is 0. The van der Waals surface area contributed by atoms with Crippen molar-refractivity contribution < 1.29 is 19.6 Å². The Hall–Kier alpha value is -0.610. The van der Waals surface area contributed by atoms with E-state index < -0.39 is 4.81 Å². The fraction of sp³-hybridized carbons (Fsp3) is 0.833. The Morgan fingerprint density at radius 1 is 1.30 bits per heavy atom. The molecule has 4 heteroatoms. The van der Waals surface area contributed by atoms with Crippen molar-refractivity contribution in [1.82, 2.24) is 0 Å². The lowest BCUT2D eigenvalue weighted by atomic mass is 10.2. The van der Waals surface area contributed by atoms with Gasteiger partial charge >= 0.3 is 6.47 Å². The smallest absolute Gasteiger partial charge is 0.249 e. The Labute approximate surface area is 59.5 Å². The highest BCUT2D eigenvalue weighted by Gasteiger charge is 2.30. The number of rotatable bonds is 2. The van der Waals surface area contributed by atoms with Crippen molar-refractivity contribution in [3.63, 3.8) is 0 Å². The fourth-order valence-electron chi connectivity index (χ4n) is 1.19. The van der Waals surface area contributed by atoms with E-state index in [4.69, 9.17) is 0 Å². The minimum Gasteiger partial charge on any atom is -0.249 e. The monoisotopic (exact) mass is 146 g/mol. The third kappa shape index (κ3) is 1.68. The molecule has 0 aliphatic carbocycles. The molecular formula is C6H12NO3+. The van der Waals surface area contributed by atoms with Crippen LogP contribution in [0, 0.1) is 0 Å². The summed E-state index contributed by atoms with van der Waals surface area (Å²) in [5.74, 6) is 0. The van der Waals surface area contributed by atoms with Gasteiger partial charge in [0.05, 0.1) is 0 Å². The topological polar surface area (TPSA) is 46.5 Å². The molecule has 0 amide bonds. The summed E-state index contributed by atoms with van der Waals surface area (Å²) in [6.45, 7) is 1.35. The van der Waals surface area contributed by atoms with Crippen molar-refractivity contribution in [2.75, 3.05) is 13.1 Å². The van der Waals surface area contributed by atoms with Crippen LogP contribution >= 0.6 is 0 Å². The highest BCUT2D eigenvalue weighted by atomic mass is 16.9. The van der Waals surface area contributed by atoms with Crippen molar-refractivity contribution >= 4 is 6.47 Å². The van der Waals surface area contributed by atoms with Gasteiger partial charge in [-0.25, -0.2) is 9.63 Å². The lowest BCUT2D eigenvalue weighted by molar-refractivity contribution is -1.23. The first-order valence-corrected chi connectivity index (χ1v) is 3.49. The third-order valence-electron chi connectivity index (χ3n) is 1.75. The zero-order chi connectivity index (χ0) is 7.45. The van der Waals surface area contributed by atoms with Gasteiger partial charge in [0.2, 0.25) is 0 Å². The average molecular weight is 146 g/mol. The minimum absolute atomic E-state index is 0.297. The Kier molecular flexibility index (Phi) is 2.24. The average Bonchev–Trinajstić information content (AvgIpc) is 1.89. The van der Waals surface area contributed by atoms with Crippen LogP contribution in [0.2, 0.25) is 0 Å². The summed E-state index contributed by atoms with van der Waals surface area (Å²) in [5.41, 5.74) is 0. The molecular weight excluding hydrogens is 134 g/mol. The van der Waals surface area contributed by atoms with Crippen LogP contribution in [0.3, 0.4) is 0 Å². The molecule has 0 saturated carbocycles. The Morgan fingerprint density at radius 3 is 2.40 bits per heavy atom. The predicted molar refractivity (Wildman–Crippen MR) is 32.8 cm³/mol. The zero-order valence-corrected chi connectivity index (χ0v) is 5.82. The second kappa shape index (κ2) is 2.98. The number of carbonyl (C=O) groups excluding carboxylic acids is 1. The van der Waals surface area contributed by atoms with E-state index in [-0.39, 0.29) is 0 Å². The van der Waals surface area contributed by atoms with Gasteiger partial charge < -0.3 is 0 Å². The maximum Gasteiger partial charge on any atom is 0.359 e. The van der Waals surface area contributed by atoms with Gasteiger partial charge in [0.1, 0.15) is 0 Å². The zero-order valence-electron chi connectivity index (χ0n) is 5.82. The van der Waals surface area contributed by atoms with Gasteiger partial charge in [0.25, 0.3) is 0 Å². The van der Waals surface area contributed by atoms with E-state index in [2.05, 4.69) is 4.84 Å². The Balaban J connectivity index is 2.39. The van der Waals surface area contributed by atoms with E-state index in [0.717, 1.165) is 19.3 Å². The van der Waals surface area contributed by atoms with Gasteiger partial charge in [-0.3, -0.25) is 0 Å². The van der Waals surface area contributed by atoms with E-state index in [1.165, 1.54) is 0 Å². The minimum atomic E-state index is -0.524. The Morgan fingerprint density at radius 2 is 1.90 bits per heavy atom. The molecule has 0 bridgehead atoms. The molecule has 1 heterocycles. The summed E-state index contributed by atoms with van der Waals surface area (Å²) in [4.78, 5) is 13.8. The first-order valence-electron chi connectivity index (χ1n) is 3.49. The van der Waals surface area contributed by atoms with Gasteiger partial charge in [-0.1, -0.05) is 0 Å². The van der Waals surface area contributed by atoms with Crippen LogP contribution < -0.4 is 0 Å². The van der Waals surface area contributed by atoms with Gasteiger partial charge in [-0.2, -0.15) is 5.21 Å². The first kappa shape index (κ1) is 7.50. The van der Waals surface area contributed by atoms with Crippen LogP contribution in [-0.2, 0) is 9.63 Å². The quantitative estimate of drug-likeness (QED) is 0.455. The van der Waals surface area contributed by atoms with Crippen molar-refractivity contribution in [3.8, 4) is 0 Å². The normalized spacial score (nSPS) is 23.7. The van der Waals surface area contributed by atoms with E-state index in [0.29, 0.717) is 19.6 Å². The van der Waals surface area contributed by atoms with Crippen LogP contribution in [-0.4, -0.2) is 29.6 Å². The van der Waals surface area contributed by atoms with Crippen molar-refractivity contribution in [2.45, 2.75) is 19.3 Å². The molecule has 1 saturated heterocycles. The SMILES string of the molecule is O=CO[N+]1(O)CCCCC1. The second-order valence-electron chi connectivity index (χ2n) is 2.56. The molecule has 0 aromatic rings. The number of hydrogen-bond donors (Lipinski definition) is 1. The molecule has 0 aromatic heterocycles. The van der Waals surface area contributed by atoms with Gasteiger partial charge in [0.15, 0.2) is 13.1 Å². The second-order valence-corrected chi connectivity index (χ2v) is 2.56. The molecule has 10 heavy (non-hydrogen) atoms. The molecule has 0 radical (unpaired) electrons. The number of piperidine rings is 1. The highest BCUT2D eigenvalue weighted by Crippen LogP contribution is 2.14. The molecule has 0 spiro atoms. The molecule has 1 aliphatic rings. The summed E-state index contributed by atoms with van der Waals surface area (Å²) in [5, 5.41) is 9.36. The van der Waals surface area contributed by atoms with E-state index >= 15 is 0 Å². The molecule has 0 unspecified atom stereocenters. The summed E-state index contributed by atoms with van der Waals surface area (Å²) >= 11 is 0. The summed E-state index contributed by atoms with van der Waals surface area (Å²) < 4.78 is 0. The van der Waals surface area contributed by atoms with E-state index in [1.54, 1.807) is 0 Å². The summed E-state index contributed by atoms with van der Waals surface area (Å²) in [6.07, 6.45) is 2.96. The molecule has 4 nitrogen and oxygen atoms in total. The van der Waals surface area contributed by atoms with Crippen molar-refractivity contribution in [1.29, 1.82) is 0 Å². The molecule has 1 rings (SSSR count). The standard InChI is InChI=1S/C6H12NO3/c8-6-10-7(9)4-2-1-3-5-7/h6,9H,1-5H2/q+1. The van der Waals surface area contributed by atoms with Crippen molar-refractivity contribution in [3.05, 3.63) is 0 Å². The first-order chi connectivity index (χ1) is 4.77. The number of quaternary nitrogens is 1. The van der Waals surface area contributed by atoms with E-state index in [1.807, 2.05) is 0 Å². The molecule has 1 fully saturated rings. The fourth-order valence-corrected chi connectivity index (χ4v) is 1.19. The van der Waals surface area contributed by atoms with E-state index in [9.17, 15) is 10.0 Å². The molecule has 58 valence electrons. The van der Waals surface area contributed by atoms with Crippen LogP contribution in [0.1, 0.15) is 19.3 Å². The number of hydrogen-bond acceptors (Lipinski definition) is 3. The number of nitrogens with zero attached hydrogens (tertiary/aromatic N) is 1. The molecule has 1 aliphatic heterocycles. The van der Waals surface area contributed by atoms with Crippen LogP contribution in [0.15, 0.2) is 0 Å². The third-order valence-corrected chi connectivity index (χ3v) is 1.75. The summed E-state index contributed by atoms with van der Waals surface area (Å²) in [7, 11) is 0. The van der Waals surface area contributed by atoms with Gasteiger partial charge in [0, 0.05) is 12.8 Å². The predicted octanol–water partition coefficient (Wildman–Crippen LogP) is 0.464. The van der Waals surface area contributed by atoms with Crippen LogP contribution in [0.5, 0.6) is 0 Å². The largest absolute Gasteiger partial charge is 0.359 e. The highest BCUT2D eigenvalue weighted by molar-refractivity contribution is 5.35. The van der Waals surface area contributed by atoms with Crippen LogP contribution in [0.4, 0.5) is 0 Å². The van der Waals surface area contributed by atoms with Crippen LogP contribution in [0.25, 0.3) is 0 Å².